The molecular weight excluding hydrogens is 200 g/mol. The van der Waals surface area contributed by atoms with E-state index in [4.69, 9.17) is 9.79 Å². The van der Waals surface area contributed by atoms with Crippen molar-refractivity contribution in [2.75, 3.05) is 12.8 Å². The van der Waals surface area contributed by atoms with E-state index in [-0.39, 0.29) is 103 Å². The number of hydrogen-bond donors (Lipinski definition) is 2. The van der Waals surface area contributed by atoms with E-state index in [0.717, 1.165) is 0 Å². The van der Waals surface area contributed by atoms with Gasteiger partial charge < -0.3 is 9.79 Å². The average molecular weight is 208 g/mol. The van der Waals surface area contributed by atoms with Crippen LogP contribution in [0.3, 0.4) is 0 Å². The third kappa shape index (κ3) is 18.4. The van der Waals surface area contributed by atoms with E-state index in [1.807, 2.05) is 0 Å². The molecule has 0 atom stereocenters. The van der Waals surface area contributed by atoms with Crippen LogP contribution in [-0.2, 0) is 4.57 Å². The second-order valence-corrected chi connectivity index (χ2v) is 2.85. The molecule has 0 aliphatic carbocycles. The average Bonchev–Trinajstić information content (AvgIpc) is 1.30. The number of halogens is 1. The normalized spacial score (nSPS) is 9.22. The first kappa shape index (κ1) is 18.2. The van der Waals surface area contributed by atoms with Gasteiger partial charge in [-0.2, -0.15) is 0 Å². The molecule has 0 aliphatic rings. The van der Waals surface area contributed by atoms with Gasteiger partial charge in [0, 0.05) is 0 Å². The summed E-state index contributed by atoms with van der Waals surface area (Å²) < 4.78 is 20.7. The van der Waals surface area contributed by atoms with Gasteiger partial charge in [0.25, 0.3) is 0 Å². The molecule has 0 aliphatic heterocycles. The summed E-state index contributed by atoms with van der Waals surface area (Å²) in [6.45, 7) is -0.954. The van der Waals surface area contributed by atoms with Gasteiger partial charge >= 0.3 is 110 Å². The van der Waals surface area contributed by atoms with Crippen molar-refractivity contribution in [1.82, 2.24) is 0 Å². The molecular formula is C2H8FK2O3P. The Morgan fingerprint density at radius 1 is 1.33 bits per heavy atom. The molecule has 0 unspecified atom stereocenters. The van der Waals surface area contributed by atoms with Crippen molar-refractivity contribution in [3.05, 3.63) is 0 Å². The van der Waals surface area contributed by atoms with E-state index >= 15 is 0 Å². The van der Waals surface area contributed by atoms with Gasteiger partial charge in [-0.3, -0.25) is 8.96 Å². The van der Waals surface area contributed by atoms with Crippen molar-refractivity contribution >= 4 is 110 Å². The summed E-state index contributed by atoms with van der Waals surface area (Å²) in [5, 5.41) is 0. The molecule has 0 rings (SSSR count). The zero-order valence-electron chi connectivity index (χ0n) is 3.54. The Hall–Kier alpha value is 3.35. The van der Waals surface area contributed by atoms with E-state index in [0.29, 0.717) is 0 Å². The summed E-state index contributed by atoms with van der Waals surface area (Å²) >= 11 is 0. The Morgan fingerprint density at radius 3 is 1.67 bits per heavy atom. The van der Waals surface area contributed by atoms with Crippen molar-refractivity contribution in [3.63, 3.8) is 0 Å². The first-order valence-electron chi connectivity index (χ1n) is 1.67. The predicted octanol–water partition coefficient (Wildman–Crippen LogP) is -1.16. The van der Waals surface area contributed by atoms with Crippen molar-refractivity contribution in [1.29, 1.82) is 0 Å². The van der Waals surface area contributed by atoms with E-state index in [2.05, 4.69) is 0 Å². The molecule has 0 amide bonds. The van der Waals surface area contributed by atoms with Crippen LogP contribution in [0.4, 0.5) is 4.39 Å². The van der Waals surface area contributed by atoms with Gasteiger partial charge in [-0.25, -0.2) is 0 Å². The van der Waals surface area contributed by atoms with E-state index in [1.54, 1.807) is 0 Å². The molecule has 48 valence electrons. The Balaban J connectivity index is -0.000000180. The van der Waals surface area contributed by atoms with E-state index in [1.165, 1.54) is 0 Å². The van der Waals surface area contributed by atoms with Gasteiger partial charge in [0.15, 0.2) is 0 Å². The molecule has 9 heavy (non-hydrogen) atoms. The van der Waals surface area contributed by atoms with Crippen molar-refractivity contribution < 1.29 is 18.7 Å². The fraction of sp³-hybridized carbons (Fsp3) is 1.00. The van der Waals surface area contributed by atoms with Crippen molar-refractivity contribution in [2.24, 2.45) is 0 Å². The molecule has 0 aromatic heterocycles. The van der Waals surface area contributed by atoms with E-state index < -0.39 is 20.4 Å². The van der Waals surface area contributed by atoms with Crippen LogP contribution in [0.25, 0.3) is 0 Å². The third-order valence-electron chi connectivity index (χ3n) is 0.376. The summed E-state index contributed by atoms with van der Waals surface area (Å²) in [7, 11) is -4.04. The van der Waals surface area contributed by atoms with Crippen LogP contribution in [0.15, 0.2) is 0 Å². The van der Waals surface area contributed by atoms with Crippen LogP contribution in [0.1, 0.15) is 0 Å². The number of alkyl halides is 1. The van der Waals surface area contributed by atoms with Crippen molar-refractivity contribution in [3.8, 4) is 0 Å². The molecule has 0 saturated heterocycles. The molecule has 0 heterocycles. The van der Waals surface area contributed by atoms with Crippen LogP contribution in [-0.4, -0.2) is 125 Å². The Kier molecular flexibility index (Phi) is 19.1. The quantitative estimate of drug-likeness (QED) is 0.444. The van der Waals surface area contributed by atoms with Crippen LogP contribution >= 0.6 is 7.60 Å². The maximum absolute atomic E-state index is 11.0. The monoisotopic (exact) mass is 208 g/mol. The molecule has 0 radical (unpaired) electrons. The minimum atomic E-state index is -4.04. The van der Waals surface area contributed by atoms with Gasteiger partial charge in [0.2, 0.25) is 0 Å². The molecule has 7 heteroatoms. The van der Waals surface area contributed by atoms with Crippen LogP contribution in [0.5, 0.6) is 0 Å². The summed E-state index contributed by atoms with van der Waals surface area (Å²) in [5.41, 5.74) is 0. The van der Waals surface area contributed by atoms with Crippen molar-refractivity contribution in [2.45, 2.75) is 0 Å². The fourth-order valence-corrected chi connectivity index (χ4v) is 0.330. The summed E-state index contributed by atoms with van der Waals surface area (Å²) in [4.78, 5) is 15.8. The third-order valence-corrected chi connectivity index (χ3v) is 1.13. The maximum atomic E-state index is 11.0. The second kappa shape index (κ2) is 9.44. The molecule has 0 bridgehead atoms. The van der Waals surface area contributed by atoms with Gasteiger partial charge in [-0.05, 0) is 0 Å². The predicted molar refractivity (Wildman–Crippen MR) is 37.2 cm³/mol. The SMILES string of the molecule is O=P(O)(O)CCF.[KH].[KH]. The second-order valence-electron chi connectivity index (χ2n) is 1.08. The molecule has 3 nitrogen and oxygen atoms in total. The van der Waals surface area contributed by atoms with E-state index in [9.17, 15) is 8.96 Å². The topological polar surface area (TPSA) is 57.5 Å². The Morgan fingerprint density at radius 2 is 1.67 bits per heavy atom. The Bertz CT molecular complexity index is 93.8. The van der Waals surface area contributed by atoms with Gasteiger partial charge in [0.1, 0.15) is 6.67 Å². The molecule has 0 aromatic rings. The minimum absolute atomic E-state index is 0. The number of hydrogen-bond acceptors (Lipinski definition) is 1. The molecule has 0 spiro atoms. The summed E-state index contributed by atoms with van der Waals surface area (Å²) in [6.07, 6.45) is -0.660. The first-order valence-corrected chi connectivity index (χ1v) is 3.46. The standard InChI is InChI=1S/C2H6FO3P.2K.2H/c3-1-2-7(4,5)6;;;;/h1-2H2,(H2,4,5,6);;;;. The summed E-state index contributed by atoms with van der Waals surface area (Å²) in [6, 6.07) is 0. The Labute approximate surface area is 138 Å². The summed E-state index contributed by atoms with van der Waals surface area (Å²) in [5.74, 6) is 0. The van der Waals surface area contributed by atoms with Gasteiger partial charge in [-0.15, -0.1) is 0 Å². The fourth-order valence-electron chi connectivity index (χ4n) is 0.110. The molecule has 0 aromatic carbocycles. The van der Waals surface area contributed by atoms with Crippen LogP contribution in [0, 0.1) is 0 Å². The molecule has 0 fully saturated rings. The van der Waals surface area contributed by atoms with Crippen LogP contribution in [0.2, 0.25) is 0 Å². The zero-order chi connectivity index (χ0) is 5.91. The van der Waals surface area contributed by atoms with Gasteiger partial charge in [-0.1, -0.05) is 0 Å². The number of rotatable bonds is 2. The molecule has 0 saturated carbocycles. The van der Waals surface area contributed by atoms with Gasteiger partial charge in [0.05, 0.1) is 6.16 Å². The molecule has 2 N–H and O–H groups in total. The van der Waals surface area contributed by atoms with Crippen LogP contribution < -0.4 is 0 Å². The zero-order valence-corrected chi connectivity index (χ0v) is 4.44. The first-order chi connectivity index (χ1) is 3.06.